The van der Waals surface area contributed by atoms with Crippen molar-refractivity contribution in [1.29, 1.82) is 0 Å². The van der Waals surface area contributed by atoms with E-state index in [1.807, 2.05) is 0 Å². The van der Waals surface area contributed by atoms with Crippen LogP contribution in [0.25, 0.3) is 0 Å². The normalized spacial score (nSPS) is 27.8. The zero-order valence-corrected chi connectivity index (χ0v) is 65.7. The molecule has 3 heterocycles. The Hall–Kier alpha value is -0.810. The lowest BCUT2D eigenvalue weighted by Crippen LogP contribution is -2.64. The molecule has 19 atom stereocenters. The molecule has 0 aromatic rings. The number of aliphatic hydroxyl groups is 9. The summed E-state index contributed by atoms with van der Waals surface area (Å²) < 4.78 is 135. The van der Waals surface area contributed by atoms with Gasteiger partial charge in [0.2, 0.25) is 17.7 Å². The van der Waals surface area contributed by atoms with Crippen LogP contribution >= 0.6 is 27.8 Å². The molecule has 3 aliphatic heterocycles. The van der Waals surface area contributed by atoms with Gasteiger partial charge < -0.3 is 184 Å². The highest BCUT2D eigenvalue weighted by Crippen LogP contribution is 2.45. The molecule has 0 bridgehead atoms. The third kappa shape index (κ3) is 42.5. The van der Waals surface area contributed by atoms with E-state index >= 15 is 0 Å². The summed E-state index contributed by atoms with van der Waals surface area (Å²) in [6.07, 6.45) is -15.2. The molecule has 0 aliphatic carbocycles. The fourth-order valence-corrected chi connectivity index (χ4v) is 13.7. The highest BCUT2D eigenvalue weighted by Gasteiger charge is 2.48. The van der Waals surface area contributed by atoms with Gasteiger partial charge in [-0.2, -0.15) is 0 Å². The number of ether oxygens (including phenoxy) is 15. The van der Waals surface area contributed by atoms with Crippen LogP contribution in [0.1, 0.15) is 40.0 Å². The average Bonchev–Trinajstić information content (AvgIpc) is 0.819. The lowest BCUT2D eigenvalue weighted by Gasteiger charge is -2.42. The van der Waals surface area contributed by atoms with Gasteiger partial charge in [0, 0.05) is 47.3 Å². The quantitative estimate of drug-likeness (QED) is 0.0200. The second kappa shape index (κ2) is 54.9. The smallest absolute Gasteiger partial charge is 0.325 e. The number of hydrogen-bond donors (Lipinski definition) is 16. The first-order valence-corrected chi connectivity index (χ1v) is 43.6. The fourth-order valence-electron chi connectivity index (χ4n) is 9.62. The predicted molar refractivity (Wildman–Crippen MR) is 375 cm³/mol. The Kier molecular flexibility index (Phi) is 51.4. The van der Waals surface area contributed by atoms with Crippen LogP contribution in [-0.4, -0.2) is 387 Å². The predicted octanol–water partition coefficient (Wildman–Crippen LogP) is -5.24. The van der Waals surface area contributed by atoms with Crippen LogP contribution in [-0.2, 0) is 157 Å². The molecule has 4 unspecified atom stereocenters. The Balaban J connectivity index is 1.43. The molecule has 0 radical (unpaired) electrons. The van der Waals surface area contributed by atoms with Crippen molar-refractivity contribution in [3.63, 3.8) is 0 Å². The number of nitrogens with one attached hydrogen (secondary N) is 3. The molecule has 0 aromatic carbocycles. The maximum atomic E-state index is 12.5. The van der Waals surface area contributed by atoms with Gasteiger partial charge in [-0.05, 0) is 54.7 Å². The number of aliphatic hydroxyl groups excluding tert-OH is 9. The van der Waals surface area contributed by atoms with Crippen LogP contribution in [0.5, 0.6) is 0 Å². The molecule has 3 amide bonds. The zero-order valence-electron chi connectivity index (χ0n) is 59.6. The van der Waals surface area contributed by atoms with Crippen LogP contribution in [0.3, 0.4) is 0 Å². The maximum Gasteiger partial charge on any atom is 0.325 e. The molecule has 16 N–H and O–H groups in total. The molecule has 3 aliphatic rings. The second-order valence-electron chi connectivity index (χ2n) is 23.8. The van der Waals surface area contributed by atoms with Gasteiger partial charge in [0.25, 0.3) is 0 Å². The Morgan fingerprint density at radius 3 is 0.821 bits per heavy atom. The molecule has 3 rings (SSSR count). The van der Waals surface area contributed by atoms with E-state index in [2.05, 4.69) is 16.0 Å². The highest BCUT2D eigenvalue weighted by atomic mass is 32.5. The Morgan fingerprint density at radius 2 is 0.585 bits per heavy atom. The van der Waals surface area contributed by atoms with E-state index in [1.165, 1.54) is 20.8 Å². The summed E-state index contributed by atoms with van der Waals surface area (Å²) in [6, 6.07) is -3.31. The van der Waals surface area contributed by atoms with Crippen molar-refractivity contribution in [2.45, 2.75) is 132 Å². The third-order valence-corrected chi connectivity index (χ3v) is 20.3. The van der Waals surface area contributed by atoms with Crippen molar-refractivity contribution >= 4 is 80.9 Å². The van der Waals surface area contributed by atoms with Gasteiger partial charge in [0.15, 0.2) is 18.9 Å². The number of carbonyl (C=O) groups excluding carboxylic acids is 3. The largest absolute Gasteiger partial charge is 0.394 e. The first kappa shape index (κ1) is 99.4. The molecule has 626 valence electrons. The van der Waals surface area contributed by atoms with E-state index in [4.69, 9.17) is 138 Å². The van der Waals surface area contributed by atoms with Gasteiger partial charge in [-0.3, -0.25) is 18.9 Å². The van der Waals surface area contributed by atoms with Crippen LogP contribution in [0.4, 0.5) is 0 Å². The van der Waals surface area contributed by atoms with Gasteiger partial charge in [-0.15, -0.1) is 0 Å². The van der Waals surface area contributed by atoms with E-state index in [0.29, 0.717) is 0 Å². The first-order valence-electron chi connectivity index (χ1n) is 33.8. The molecule has 106 heavy (non-hydrogen) atoms. The number of carbonyl (C=O) groups is 3. The van der Waals surface area contributed by atoms with E-state index in [1.54, 1.807) is 0 Å². The van der Waals surface area contributed by atoms with E-state index in [9.17, 15) is 84.5 Å². The fraction of sp³-hybridized carbons (Fsp3) is 0.947. The molecule has 0 saturated carbocycles. The molecule has 0 aromatic heterocycles. The molecule has 49 heteroatoms. The molecule has 3 fully saturated rings. The van der Waals surface area contributed by atoms with Crippen molar-refractivity contribution in [3.05, 3.63) is 0 Å². The highest BCUT2D eigenvalue weighted by molar-refractivity contribution is 8.07. The SMILES string of the molecule is CC(=O)N[C@@H]1[C@H](OCCOCCOCCOP(O)(=S)OCCCOCC(COCCCOP(O)(=S)OCCOCCOCCO[C@@H]2O[C@H](CO)[C@H](O)[C@H](O)[C@@H]2NC(C)=O)(COCCCOP(O)(=S)OCCOCCOCCO[C@@H]2O[C@H](CO)[C@H](O)[C@H](O)[C@@H]2NC(C)=O)COP(C)(=O)O)O[C@H](CO)[C@H](O)[C@@H]1O. The molecule has 3 saturated heterocycles. The summed E-state index contributed by atoms with van der Waals surface area (Å²) in [6.45, 7) is -9.42. The molecular weight excluding hydrogens is 1570 g/mol. The summed E-state index contributed by atoms with van der Waals surface area (Å²) >= 11 is 15.4. The number of amides is 3. The van der Waals surface area contributed by atoms with Crippen molar-refractivity contribution in [2.75, 3.05) is 211 Å². The Bertz CT molecular complexity index is 2350. The van der Waals surface area contributed by atoms with Crippen LogP contribution in [0, 0.1) is 5.41 Å². The summed E-state index contributed by atoms with van der Waals surface area (Å²) in [5, 5.41) is 97.7. The van der Waals surface area contributed by atoms with Gasteiger partial charge in [0.1, 0.15) is 73.1 Å². The van der Waals surface area contributed by atoms with Crippen molar-refractivity contribution in [1.82, 2.24) is 16.0 Å². The third-order valence-electron chi connectivity index (χ3n) is 14.7. The molecular formula is C57H111N3O39P4S3. The molecule has 42 nitrogen and oxygen atoms in total. The minimum atomic E-state index is -4.11. The van der Waals surface area contributed by atoms with Crippen molar-refractivity contribution in [2.24, 2.45) is 5.41 Å². The van der Waals surface area contributed by atoms with E-state index in [0.717, 1.165) is 6.66 Å². The Morgan fingerprint density at radius 1 is 0.349 bits per heavy atom. The van der Waals surface area contributed by atoms with Gasteiger partial charge in [-0.25, -0.2) is 0 Å². The van der Waals surface area contributed by atoms with E-state index in [-0.39, 0.29) is 198 Å². The average molecular weight is 1680 g/mol. The monoisotopic (exact) mass is 1680 g/mol. The first-order chi connectivity index (χ1) is 50.3. The van der Waals surface area contributed by atoms with Gasteiger partial charge in [-0.1, -0.05) is 0 Å². The maximum absolute atomic E-state index is 12.5. The Labute approximate surface area is 630 Å². The summed E-state index contributed by atoms with van der Waals surface area (Å²) in [5.41, 5.74) is -1.26. The number of hydrogen-bond acceptors (Lipinski definition) is 38. The van der Waals surface area contributed by atoms with Crippen LogP contribution in [0.2, 0.25) is 0 Å². The van der Waals surface area contributed by atoms with Crippen LogP contribution < -0.4 is 16.0 Å². The lowest BCUT2D eigenvalue weighted by molar-refractivity contribution is -0.272. The summed E-state index contributed by atoms with van der Waals surface area (Å²) in [5.74, 6) is -1.50. The zero-order chi connectivity index (χ0) is 78.6. The lowest BCUT2D eigenvalue weighted by atomic mass is 9.92. The topological polar surface area (TPSA) is 570 Å². The second-order valence-corrected chi connectivity index (χ2v) is 34.2. The van der Waals surface area contributed by atoms with Crippen molar-refractivity contribution in [3.8, 4) is 0 Å². The number of rotatable bonds is 63. The van der Waals surface area contributed by atoms with E-state index < -0.39 is 169 Å². The molecule has 0 spiro atoms. The minimum absolute atomic E-state index is 0.000499. The van der Waals surface area contributed by atoms with Gasteiger partial charge >= 0.3 is 27.8 Å². The summed E-state index contributed by atoms with van der Waals surface area (Å²) in [4.78, 5) is 77.1. The van der Waals surface area contributed by atoms with Gasteiger partial charge in [0.05, 0.1) is 190 Å². The van der Waals surface area contributed by atoms with Crippen LogP contribution in [0.15, 0.2) is 0 Å². The standard InChI is InChI=1S/C57H111N3O39P4S3/c1-39(64)58-45-51(70)48(67)42(32-61)97-54(45)87-26-20-78-14-17-81-23-29-93-101(75,104)90-11-5-8-84-35-57(38-96-100(4,73)74,36-85-9-6-12-91-102(76,105)94-30-24-82-18-15-79-21-27-88-55-46(59-40(2)65)52(71)49(68)43(33-62)98-55)37-86-10-7-13-92-103(77,106)95-31-25-83-19-16-80-22-28-89-56-47(60-41(3)66)53(72)50(69)44(34-63)99-56/h42-56,61-63,67-72H,5-38H2,1-4H3,(H,58,64)(H,59,65)(H,60,66)(H,73,74)(H,75,104)(H,76,105)(H,77,106)/t42-,43-,44-,45+,46+,47+,48+,49+,50+,51-,52-,53-,54-,55-,56-,57?,101?,102?,103?/m1/s1. The van der Waals surface area contributed by atoms with Crippen molar-refractivity contribution < 1.29 is 187 Å². The minimum Gasteiger partial charge on any atom is -0.394 e. The summed E-state index contributed by atoms with van der Waals surface area (Å²) in [7, 11) is -4.11.